The van der Waals surface area contributed by atoms with Crippen molar-refractivity contribution in [3.8, 4) is 0 Å². The number of nitrogens with zero attached hydrogens (tertiary/aromatic N) is 4. The van der Waals surface area contributed by atoms with Crippen molar-refractivity contribution in [2.45, 2.75) is 45.4 Å². The molecule has 136 valence electrons. The van der Waals surface area contributed by atoms with E-state index in [4.69, 9.17) is 4.99 Å². The third-order valence-electron chi connectivity index (χ3n) is 4.41. The Hall–Kier alpha value is -1.56. The third-order valence-corrected chi connectivity index (χ3v) is 4.41. The van der Waals surface area contributed by atoms with E-state index in [1.54, 1.807) is 0 Å². The first-order valence-electron chi connectivity index (χ1n) is 9.50. The van der Waals surface area contributed by atoms with Gasteiger partial charge in [-0.05, 0) is 57.8 Å². The minimum Gasteiger partial charge on any atom is -0.357 e. The van der Waals surface area contributed by atoms with E-state index >= 15 is 0 Å². The van der Waals surface area contributed by atoms with E-state index in [0.29, 0.717) is 0 Å². The summed E-state index contributed by atoms with van der Waals surface area (Å²) in [5, 5.41) is 10.9. The number of hydrogen-bond donors (Lipinski definition) is 2. The molecule has 1 aliphatic heterocycles. The standard InChI is InChI=1S/C18H34N6/c1-3-19-18(21-11-9-17-15-22-23(2)16-17)20-10-8-14-24-12-6-4-5-7-13-24/h15-16H,3-14H2,1-2H3,(H2,19,20,21). The van der Waals surface area contributed by atoms with Gasteiger partial charge in [0.05, 0.1) is 6.20 Å². The molecule has 0 unspecified atom stereocenters. The van der Waals surface area contributed by atoms with Gasteiger partial charge in [0, 0.05) is 32.9 Å². The van der Waals surface area contributed by atoms with E-state index in [0.717, 1.165) is 38.4 Å². The zero-order valence-corrected chi connectivity index (χ0v) is 15.4. The van der Waals surface area contributed by atoms with Crippen molar-refractivity contribution in [3.63, 3.8) is 0 Å². The largest absolute Gasteiger partial charge is 0.357 e. The summed E-state index contributed by atoms with van der Waals surface area (Å²) in [6, 6.07) is 0. The molecule has 2 heterocycles. The SMILES string of the molecule is CCNC(=NCCCN1CCCCCC1)NCCc1cnn(C)c1. The molecule has 1 saturated heterocycles. The smallest absolute Gasteiger partial charge is 0.191 e. The minimum absolute atomic E-state index is 0.879. The van der Waals surface area contributed by atoms with E-state index < -0.39 is 0 Å². The van der Waals surface area contributed by atoms with Crippen LogP contribution in [0.2, 0.25) is 0 Å². The number of rotatable bonds is 8. The Bertz CT molecular complexity index is 474. The number of aliphatic imine (C=N–C) groups is 1. The van der Waals surface area contributed by atoms with Crippen molar-refractivity contribution in [1.29, 1.82) is 0 Å². The van der Waals surface area contributed by atoms with Gasteiger partial charge in [0.25, 0.3) is 0 Å². The molecular weight excluding hydrogens is 300 g/mol. The maximum Gasteiger partial charge on any atom is 0.191 e. The summed E-state index contributed by atoms with van der Waals surface area (Å²) in [5.74, 6) is 0.928. The molecule has 0 atom stereocenters. The third kappa shape index (κ3) is 7.34. The van der Waals surface area contributed by atoms with E-state index in [-0.39, 0.29) is 0 Å². The van der Waals surface area contributed by atoms with Crippen molar-refractivity contribution >= 4 is 5.96 Å². The van der Waals surface area contributed by atoms with Gasteiger partial charge in [0.1, 0.15) is 0 Å². The minimum atomic E-state index is 0.879. The van der Waals surface area contributed by atoms with E-state index in [1.165, 1.54) is 50.9 Å². The average molecular weight is 335 g/mol. The first-order valence-corrected chi connectivity index (χ1v) is 9.50. The van der Waals surface area contributed by atoms with Crippen molar-refractivity contribution in [3.05, 3.63) is 18.0 Å². The normalized spacial score (nSPS) is 16.8. The predicted molar refractivity (Wildman–Crippen MR) is 100 cm³/mol. The molecule has 0 amide bonds. The lowest BCUT2D eigenvalue weighted by Gasteiger charge is -2.19. The molecule has 1 aromatic rings. The van der Waals surface area contributed by atoms with Crippen LogP contribution in [0, 0.1) is 0 Å². The van der Waals surface area contributed by atoms with Crippen LogP contribution in [-0.4, -0.2) is 59.9 Å². The molecule has 0 saturated carbocycles. The topological polar surface area (TPSA) is 57.5 Å². The Balaban J connectivity index is 1.65. The van der Waals surface area contributed by atoms with Gasteiger partial charge in [-0.15, -0.1) is 0 Å². The van der Waals surface area contributed by atoms with Crippen LogP contribution in [0.3, 0.4) is 0 Å². The quantitative estimate of drug-likeness (QED) is 0.432. The highest BCUT2D eigenvalue weighted by Gasteiger charge is 2.08. The number of likely N-dealkylation sites (tertiary alicyclic amines) is 1. The van der Waals surface area contributed by atoms with Crippen LogP contribution < -0.4 is 10.6 Å². The van der Waals surface area contributed by atoms with Crippen LogP contribution in [0.1, 0.15) is 44.6 Å². The molecule has 0 aliphatic carbocycles. The van der Waals surface area contributed by atoms with Crippen molar-refractivity contribution in [2.75, 3.05) is 39.3 Å². The summed E-state index contributed by atoms with van der Waals surface area (Å²) in [5.41, 5.74) is 1.25. The average Bonchev–Trinajstić information content (AvgIpc) is 2.83. The fourth-order valence-electron chi connectivity index (χ4n) is 3.11. The fourth-order valence-corrected chi connectivity index (χ4v) is 3.11. The first kappa shape index (κ1) is 18.8. The van der Waals surface area contributed by atoms with Gasteiger partial charge in [0.15, 0.2) is 5.96 Å². The molecule has 6 nitrogen and oxygen atoms in total. The molecule has 1 aromatic heterocycles. The molecule has 0 aromatic carbocycles. The van der Waals surface area contributed by atoms with Gasteiger partial charge in [-0.2, -0.15) is 5.10 Å². The highest BCUT2D eigenvalue weighted by molar-refractivity contribution is 5.79. The Kier molecular flexibility index (Phi) is 8.66. The molecule has 1 aliphatic rings. The maximum atomic E-state index is 4.70. The van der Waals surface area contributed by atoms with Crippen LogP contribution in [0.5, 0.6) is 0 Å². The first-order chi connectivity index (χ1) is 11.8. The van der Waals surface area contributed by atoms with Crippen LogP contribution in [0.4, 0.5) is 0 Å². The lowest BCUT2D eigenvalue weighted by molar-refractivity contribution is 0.283. The zero-order valence-electron chi connectivity index (χ0n) is 15.4. The Labute approximate surface area is 146 Å². The lowest BCUT2D eigenvalue weighted by atomic mass is 10.2. The molecule has 2 rings (SSSR count). The molecule has 6 heteroatoms. The highest BCUT2D eigenvalue weighted by atomic mass is 15.2. The van der Waals surface area contributed by atoms with Gasteiger partial charge < -0.3 is 15.5 Å². The van der Waals surface area contributed by atoms with Crippen molar-refractivity contribution in [1.82, 2.24) is 25.3 Å². The molecule has 0 bridgehead atoms. The van der Waals surface area contributed by atoms with E-state index in [1.807, 2.05) is 17.9 Å². The molecule has 0 radical (unpaired) electrons. The summed E-state index contributed by atoms with van der Waals surface area (Å²) < 4.78 is 1.84. The van der Waals surface area contributed by atoms with Gasteiger partial charge >= 0.3 is 0 Å². The van der Waals surface area contributed by atoms with Crippen LogP contribution in [0.15, 0.2) is 17.4 Å². The monoisotopic (exact) mass is 334 g/mol. The summed E-state index contributed by atoms with van der Waals surface area (Å²) in [4.78, 5) is 7.31. The number of guanidine groups is 1. The maximum absolute atomic E-state index is 4.70. The van der Waals surface area contributed by atoms with Gasteiger partial charge in [0.2, 0.25) is 0 Å². The summed E-state index contributed by atoms with van der Waals surface area (Å²) >= 11 is 0. The van der Waals surface area contributed by atoms with Crippen LogP contribution >= 0.6 is 0 Å². The molecule has 1 fully saturated rings. The summed E-state index contributed by atoms with van der Waals surface area (Å²) in [6.45, 7) is 8.49. The number of aromatic nitrogens is 2. The molecule has 2 N–H and O–H groups in total. The second-order valence-corrected chi connectivity index (χ2v) is 6.57. The highest BCUT2D eigenvalue weighted by Crippen LogP contribution is 2.09. The summed E-state index contributed by atoms with van der Waals surface area (Å²) in [7, 11) is 1.95. The second kappa shape index (κ2) is 11.1. The zero-order chi connectivity index (χ0) is 17.0. The summed E-state index contributed by atoms with van der Waals surface area (Å²) in [6.07, 6.45) is 11.6. The van der Waals surface area contributed by atoms with Crippen LogP contribution in [-0.2, 0) is 13.5 Å². The second-order valence-electron chi connectivity index (χ2n) is 6.57. The van der Waals surface area contributed by atoms with E-state index in [2.05, 4.69) is 33.8 Å². The van der Waals surface area contributed by atoms with E-state index in [9.17, 15) is 0 Å². The number of aryl methyl sites for hydroxylation is 1. The lowest BCUT2D eigenvalue weighted by Crippen LogP contribution is -2.38. The van der Waals surface area contributed by atoms with Gasteiger partial charge in [-0.25, -0.2) is 0 Å². The Morgan fingerprint density at radius 2 is 2.00 bits per heavy atom. The van der Waals surface area contributed by atoms with Gasteiger partial charge in [-0.3, -0.25) is 9.67 Å². The van der Waals surface area contributed by atoms with Gasteiger partial charge in [-0.1, -0.05) is 12.8 Å². The number of nitrogens with one attached hydrogen (secondary N) is 2. The Morgan fingerprint density at radius 3 is 2.67 bits per heavy atom. The molecular formula is C18H34N6. The molecule has 0 spiro atoms. The van der Waals surface area contributed by atoms with Crippen molar-refractivity contribution in [2.24, 2.45) is 12.0 Å². The van der Waals surface area contributed by atoms with Crippen LogP contribution in [0.25, 0.3) is 0 Å². The molecule has 24 heavy (non-hydrogen) atoms. The number of hydrogen-bond acceptors (Lipinski definition) is 3. The fraction of sp³-hybridized carbons (Fsp3) is 0.778. The van der Waals surface area contributed by atoms with Crippen molar-refractivity contribution < 1.29 is 0 Å². The predicted octanol–water partition coefficient (Wildman–Crippen LogP) is 1.78. The Morgan fingerprint density at radius 1 is 1.21 bits per heavy atom.